The zero-order chi connectivity index (χ0) is 11.5. The summed E-state index contributed by atoms with van der Waals surface area (Å²) in [6.07, 6.45) is 3.75. The van der Waals surface area contributed by atoms with Gasteiger partial charge in [0.2, 0.25) is 0 Å². The van der Waals surface area contributed by atoms with Crippen LogP contribution in [0.3, 0.4) is 0 Å². The van der Waals surface area contributed by atoms with E-state index in [-0.39, 0.29) is 0 Å². The summed E-state index contributed by atoms with van der Waals surface area (Å²) in [5, 5.41) is 0. The van der Waals surface area contributed by atoms with E-state index in [4.69, 9.17) is 5.73 Å². The third-order valence-corrected chi connectivity index (χ3v) is 3.83. The lowest BCUT2D eigenvalue weighted by molar-refractivity contribution is 0.209. The summed E-state index contributed by atoms with van der Waals surface area (Å²) in [5.41, 5.74) is 8.22. The molecule has 2 rings (SSSR count). The minimum absolute atomic E-state index is 0.760. The van der Waals surface area contributed by atoms with Crippen molar-refractivity contribution in [1.29, 1.82) is 0 Å². The van der Waals surface area contributed by atoms with E-state index >= 15 is 0 Å². The molecule has 0 spiro atoms. The van der Waals surface area contributed by atoms with Crippen LogP contribution >= 0.6 is 15.9 Å². The van der Waals surface area contributed by atoms with Crippen molar-refractivity contribution in [1.82, 2.24) is 4.90 Å². The molecule has 1 aromatic rings. The van der Waals surface area contributed by atoms with Crippen molar-refractivity contribution < 1.29 is 0 Å². The molecule has 16 heavy (non-hydrogen) atoms. The molecule has 1 atom stereocenters. The second-order valence-electron chi connectivity index (χ2n) is 4.82. The molecule has 1 heterocycles. The molecule has 1 saturated heterocycles. The van der Waals surface area contributed by atoms with Crippen molar-refractivity contribution in [3.05, 3.63) is 28.2 Å². The van der Waals surface area contributed by atoms with Gasteiger partial charge in [0.1, 0.15) is 0 Å². The number of benzene rings is 1. The Morgan fingerprint density at radius 1 is 1.50 bits per heavy atom. The first-order chi connectivity index (χ1) is 7.65. The summed E-state index contributed by atoms with van der Waals surface area (Å²) in [6.45, 7) is 2.44. The molecule has 1 aromatic carbocycles. The summed E-state index contributed by atoms with van der Waals surface area (Å²) in [7, 11) is 2.20. The lowest BCUT2D eigenvalue weighted by atomic mass is 9.91. The molecule has 1 aliphatic heterocycles. The number of anilines is 1. The number of nitrogen functional groups attached to an aromatic ring is 1. The normalized spacial score (nSPS) is 22.2. The van der Waals surface area contributed by atoms with E-state index in [1.54, 1.807) is 0 Å². The second-order valence-corrected chi connectivity index (χ2v) is 5.73. The fourth-order valence-electron chi connectivity index (χ4n) is 2.50. The maximum atomic E-state index is 6.01. The maximum Gasteiger partial charge on any atom is 0.0347 e. The third kappa shape index (κ3) is 2.98. The van der Waals surface area contributed by atoms with E-state index in [2.05, 4.69) is 33.9 Å². The van der Waals surface area contributed by atoms with Gasteiger partial charge in [-0.15, -0.1) is 0 Å². The van der Waals surface area contributed by atoms with Crippen LogP contribution in [0.5, 0.6) is 0 Å². The molecule has 0 aliphatic carbocycles. The van der Waals surface area contributed by atoms with Gasteiger partial charge in [-0.1, -0.05) is 15.9 Å². The van der Waals surface area contributed by atoms with Crippen LogP contribution in [-0.4, -0.2) is 25.0 Å². The highest BCUT2D eigenvalue weighted by atomic mass is 79.9. The molecule has 0 bridgehead atoms. The number of rotatable bonds is 2. The van der Waals surface area contributed by atoms with Crippen molar-refractivity contribution in [3.63, 3.8) is 0 Å². The number of nitrogens with zero attached hydrogens (tertiary/aromatic N) is 1. The van der Waals surface area contributed by atoms with Gasteiger partial charge < -0.3 is 10.6 Å². The standard InChI is InChI=1S/C13H19BrN2/c1-16-6-2-3-10(9-16)7-11-8-12(14)4-5-13(11)15/h4-5,8,10H,2-3,6-7,9,15H2,1H3. The molecule has 0 amide bonds. The van der Waals surface area contributed by atoms with Gasteiger partial charge in [-0.05, 0) is 62.5 Å². The predicted octanol–water partition coefficient (Wildman–Crippen LogP) is 2.92. The van der Waals surface area contributed by atoms with Crippen molar-refractivity contribution in [2.24, 2.45) is 5.92 Å². The van der Waals surface area contributed by atoms with Crippen molar-refractivity contribution in [2.45, 2.75) is 19.3 Å². The van der Waals surface area contributed by atoms with Crippen LogP contribution in [0.4, 0.5) is 5.69 Å². The Morgan fingerprint density at radius 3 is 3.06 bits per heavy atom. The molecule has 0 saturated carbocycles. The molecule has 0 aromatic heterocycles. The zero-order valence-corrected chi connectivity index (χ0v) is 11.3. The molecule has 2 nitrogen and oxygen atoms in total. The number of piperidine rings is 1. The minimum Gasteiger partial charge on any atom is -0.399 e. The van der Waals surface area contributed by atoms with Gasteiger partial charge in [0.25, 0.3) is 0 Å². The smallest absolute Gasteiger partial charge is 0.0347 e. The molecule has 3 heteroatoms. The van der Waals surface area contributed by atoms with Crippen LogP contribution in [0.1, 0.15) is 18.4 Å². The van der Waals surface area contributed by atoms with Crippen LogP contribution in [0.2, 0.25) is 0 Å². The highest BCUT2D eigenvalue weighted by Gasteiger charge is 2.18. The van der Waals surface area contributed by atoms with Crippen LogP contribution < -0.4 is 5.73 Å². The lowest BCUT2D eigenvalue weighted by Crippen LogP contribution is -2.33. The fourth-order valence-corrected chi connectivity index (χ4v) is 2.91. The number of likely N-dealkylation sites (tertiary alicyclic amines) is 1. The molecule has 2 N–H and O–H groups in total. The molecule has 1 aliphatic rings. The third-order valence-electron chi connectivity index (χ3n) is 3.34. The van der Waals surface area contributed by atoms with Crippen LogP contribution in [-0.2, 0) is 6.42 Å². The summed E-state index contributed by atoms with van der Waals surface area (Å²) in [4.78, 5) is 2.42. The van der Waals surface area contributed by atoms with Crippen molar-refractivity contribution >= 4 is 21.6 Å². The number of hydrogen-bond donors (Lipinski definition) is 1. The van der Waals surface area contributed by atoms with Gasteiger partial charge in [0, 0.05) is 16.7 Å². The van der Waals surface area contributed by atoms with Crippen molar-refractivity contribution in [2.75, 3.05) is 25.9 Å². The number of halogens is 1. The van der Waals surface area contributed by atoms with Gasteiger partial charge >= 0.3 is 0 Å². The first kappa shape index (κ1) is 11.9. The largest absolute Gasteiger partial charge is 0.399 e. The average molecular weight is 283 g/mol. The Kier molecular flexibility index (Phi) is 3.87. The van der Waals surface area contributed by atoms with Gasteiger partial charge in [-0.2, -0.15) is 0 Å². The second kappa shape index (κ2) is 5.19. The van der Waals surface area contributed by atoms with Crippen molar-refractivity contribution in [3.8, 4) is 0 Å². The molecule has 1 unspecified atom stereocenters. The molecular formula is C13H19BrN2. The zero-order valence-electron chi connectivity index (χ0n) is 9.75. The van der Waals surface area contributed by atoms with E-state index in [1.165, 1.54) is 31.5 Å². The van der Waals surface area contributed by atoms with E-state index in [0.717, 1.165) is 22.5 Å². The molecule has 88 valence electrons. The number of hydrogen-bond acceptors (Lipinski definition) is 2. The highest BCUT2D eigenvalue weighted by molar-refractivity contribution is 9.10. The van der Waals surface area contributed by atoms with Gasteiger partial charge in [0.15, 0.2) is 0 Å². The van der Waals surface area contributed by atoms with Gasteiger partial charge in [0.05, 0.1) is 0 Å². The van der Waals surface area contributed by atoms with Gasteiger partial charge in [-0.25, -0.2) is 0 Å². The highest BCUT2D eigenvalue weighted by Crippen LogP contribution is 2.25. The molecular weight excluding hydrogens is 264 g/mol. The predicted molar refractivity (Wildman–Crippen MR) is 72.5 cm³/mol. The molecule has 0 radical (unpaired) electrons. The van der Waals surface area contributed by atoms with Crippen LogP contribution in [0.25, 0.3) is 0 Å². The Morgan fingerprint density at radius 2 is 2.31 bits per heavy atom. The first-order valence-corrected chi connectivity index (χ1v) is 6.67. The monoisotopic (exact) mass is 282 g/mol. The summed E-state index contributed by atoms with van der Waals surface area (Å²) in [6, 6.07) is 6.15. The topological polar surface area (TPSA) is 29.3 Å². The Balaban J connectivity index is 2.05. The summed E-state index contributed by atoms with van der Waals surface area (Å²) < 4.78 is 1.13. The van der Waals surface area contributed by atoms with Crippen LogP contribution in [0, 0.1) is 5.92 Å². The quantitative estimate of drug-likeness (QED) is 0.846. The van der Waals surface area contributed by atoms with E-state index in [9.17, 15) is 0 Å². The Labute approximate surface area is 106 Å². The van der Waals surface area contributed by atoms with Gasteiger partial charge in [-0.3, -0.25) is 0 Å². The van der Waals surface area contributed by atoms with E-state index in [1.807, 2.05) is 12.1 Å². The molecule has 1 fully saturated rings. The average Bonchev–Trinajstić information content (AvgIpc) is 2.24. The first-order valence-electron chi connectivity index (χ1n) is 5.87. The SMILES string of the molecule is CN1CCCC(Cc2cc(Br)ccc2N)C1. The maximum absolute atomic E-state index is 6.01. The summed E-state index contributed by atoms with van der Waals surface area (Å²) in [5.74, 6) is 0.760. The lowest BCUT2D eigenvalue weighted by Gasteiger charge is -2.30. The summed E-state index contributed by atoms with van der Waals surface area (Å²) >= 11 is 3.51. The van der Waals surface area contributed by atoms with E-state index < -0.39 is 0 Å². The number of nitrogens with two attached hydrogens (primary N) is 1. The minimum atomic E-state index is 0.760. The van der Waals surface area contributed by atoms with Crippen LogP contribution in [0.15, 0.2) is 22.7 Å². The Bertz CT molecular complexity index is 365. The fraction of sp³-hybridized carbons (Fsp3) is 0.538. The van der Waals surface area contributed by atoms with E-state index in [0.29, 0.717) is 0 Å². The Hall–Kier alpha value is -0.540.